The van der Waals surface area contributed by atoms with Gasteiger partial charge in [-0.3, -0.25) is 4.79 Å². The Morgan fingerprint density at radius 3 is 2.76 bits per heavy atom. The van der Waals surface area contributed by atoms with Gasteiger partial charge < -0.3 is 9.30 Å². The second-order valence-corrected chi connectivity index (χ2v) is 4.36. The average molecular weight is 237 g/mol. The lowest BCUT2D eigenvalue weighted by Gasteiger charge is -2.20. The first kappa shape index (κ1) is 13.5. The van der Waals surface area contributed by atoms with E-state index in [4.69, 9.17) is 4.74 Å². The van der Waals surface area contributed by atoms with E-state index in [1.807, 2.05) is 13.8 Å². The molecule has 1 aromatic rings. The highest BCUT2D eigenvalue weighted by Gasteiger charge is 2.24. The number of aromatic nitrogens is 1. The lowest BCUT2D eigenvalue weighted by atomic mass is 10.0. The van der Waals surface area contributed by atoms with Crippen LogP contribution in [-0.4, -0.2) is 23.4 Å². The minimum absolute atomic E-state index is 0.277. The molecule has 0 fully saturated rings. The van der Waals surface area contributed by atoms with E-state index in [-0.39, 0.29) is 5.97 Å². The van der Waals surface area contributed by atoms with Crippen molar-refractivity contribution in [3.8, 4) is 0 Å². The fourth-order valence-corrected chi connectivity index (χ4v) is 1.80. The first-order valence-electron chi connectivity index (χ1n) is 5.88. The Morgan fingerprint density at radius 1 is 1.53 bits per heavy atom. The molecule has 0 unspecified atom stereocenters. The van der Waals surface area contributed by atoms with E-state index in [1.165, 1.54) is 0 Å². The Labute approximate surface area is 102 Å². The Hall–Kier alpha value is -1.58. The van der Waals surface area contributed by atoms with Gasteiger partial charge in [-0.2, -0.15) is 0 Å². The summed E-state index contributed by atoms with van der Waals surface area (Å²) in [6.07, 6.45) is 3.16. The van der Waals surface area contributed by atoms with Crippen molar-refractivity contribution in [2.45, 2.75) is 33.2 Å². The van der Waals surface area contributed by atoms with Gasteiger partial charge in [0.25, 0.3) is 0 Å². The molecule has 0 aliphatic rings. The van der Waals surface area contributed by atoms with Gasteiger partial charge in [0, 0.05) is 6.20 Å². The first-order chi connectivity index (χ1) is 8.10. The zero-order valence-electron chi connectivity index (χ0n) is 10.6. The highest BCUT2D eigenvalue weighted by atomic mass is 16.5. The number of carbonyl (C=O) groups excluding carboxylic acids is 2. The summed E-state index contributed by atoms with van der Waals surface area (Å²) in [6, 6.07) is 3.04. The molecule has 1 heterocycles. The number of aldehydes is 1. The van der Waals surface area contributed by atoms with E-state index in [0.29, 0.717) is 24.6 Å². The number of rotatable bonds is 6. The minimum Gasteiger partial charge on any atom is -0.464 e. The maximum Gasteiger partial charge on any atom is 0.329 e. The molecule has 0 N–H and O–H groups in total. The number of esters is 1. The highest BCUT2D eigenvalue weighted by Crippen LogP contribution is 2.21. The van der Waals surface area contributed by atoms with Gasteiger partial charge in [-0.15, -0.1) is 0 Å². The SMILES string of the molecule is CCOC(=O)[C@@H](CC(C)C)n1cccc1C=O. The third-order valence-electron chi connectivity index (χ3n) is 2.52. The zero-order valence-corrected chi connectivity index (χ0v) is 10.6. The van der Waals surface area contributed by atoms with Crippen LogP contribution in [0.15, 0.2) is 18.3 Å². The summed E-state index contributed by atoms with van der Waals surface area (Å²) < 4.78 is 6.74. The normalized spacial score (nSPS) is 12.5. The van der Waals surface area contributed by atoms with E-state index < -0.39 is 6.04 Å². The summed E-state index contributed by atoms with van der Waals surface area (Å²) in [7, 11) is 0. The predicted octanol–water partition coefficient (Wildman–Crippen LogP) is 2.45. The predicted molar refractivity (Wildman–Crippen MR) is 64.9 cm³/mol. The number of ether oxygens (including phenoxy) is 1. The standard InChI is InChI=1S/C13H19NO3/c1-4-17-13(16)12(8-10(2)3)14-7-5-6-11(14)9-15/h5-7,9-10,12H,4,8H2,1-3H3/t12-/m1/s1. The maximum absolute atomic E-state index is 11.9. The number of nitrogens with zero attached hydrogens (tertiary/aromatic N) is 1. The molecule has 4 nitrogen and oxygen atoms in total. The van der Waals surface area contributed by atoms with Gasteiger partial charge in [0.05, 0.1) is 12.3 Å². The quantitative estimate of drug-likeness (QED) is 0.564. The first-order valence-corrected chi connectivity index (χ1v) is 5.88. The molecule has 0 amide bonds. The topological polar surface area (TPSA) is 48.3 Å². The van der Waals surface area contributed by atoms with Crippen molar-refractivity contribution in [1.29, 1.82) is 0 Å². The van der Waals surface area contributed by atoms with Crippen LogP contribution in [0.5, 0.6) is 0 Å². The summed E-state index contributed by atoms with van der Waals surface area (Å²) in [5.74, 6) is 0.0757. The Kier molecular flexibility index (Phi) is 4.94. The van der Waals surface area contributed by atoms with Crippen LogP contribution in [0, 0.1) is 5.92 Å². The van der Waals surface area contributed by atoms with Crippen LogP contribution >= 0.6 is 0 Å². The van der Waals surface area contributed by atoms with Crippen molar-refractivity contribution in [2.24, 2.45) is 5.92 Å². The van der Waals surface area contributed by atoms with Crippen LogP contribution in [0.25, 0.3) is 0 Å². The van der Waals surface area contributed by atoms with Crippen molar-refractivity contribution in [1.82, 2.24) is 4.57 Å². The molecule has 1 atom stereocenters. The second kappa shape index (κ2) is 6.23. The lowest BCUT2D eigenvalue weighted by molar-refractivity contribution is -0.147. The van der Waals surface area contributed by atoms with Gasteiger partial charge in [-0.25, -0.2) is 4.79 Å². The smallest absolute Gasteiger partial charge is 0.329 e. The Morgan fingerprint density at radius 2 is 2.24 bits per heavy atom. The van der Waals surface area contributed by atoms with Crippen LogP contribution in [0.3, 0.4) is 0 Å². The molecule has 1 rings (SSSR count). The van der Waals surface area contributed by atoms with E-state index in [9.17, 15) is 9.59 Å². The third-order valence-corrected chi connectivity index (χ3v) is 2.52. The highest BCUT2D eigenvalue weighted by molar-refractivity contribution is 5.78. The van der Waals surface area contributed by atoms with E-state index in [2.05, 4.69) is 0 Å². The van der Waals surface area contributed by atoms with Crippen molar-refractivity contribution in [3.05, 3.63) is 24.0 Å². The van der Waals surface area contributed by atoms with Crippen molar-refractivity contribution in [3.63, 3.8) is 0 Å². The summed E-state index contributed by atoms with van der Waals surface area (Å²) in [5, 5.41) is 0. The molecule has 0 aliphatic carbocycles. The molecule has 0 aliphatic heterocycles. The summed E-state index contributed by atoms with van der Waals surface area (Å²) in [5.41, 5.74) is 0.503. The molecule has 4 heteroatoms. The van der Waals surface area contributed by atoms with Gasteiger partial charge >= 0.3 is 5.97 Å². The summed E-state index contributed by atoms with van der Waals surface area (Å²) in [4.78, 5) is 22.8. The Balaban J connectivity index is 2.97. The molecular formula is C13H19NO3. The van der Waals surface area contributed by atoms with Crippen LogP contribution in [0.2, 0.25) is 0 Å². The number of carbonyl (C=O) groups is 2. The number of hydrogen-bond acceptors (Lipinski definition) is 3. The van der Waals surface area contributed by atoms with Gasteiger partial charge in [-0.1, -0.05) is 13.8 Å². The molecular weight excluding hydrogens is 218 g/mol. The molecule has 94 valence electrons. The third kappa shape index (κ3) is 3.44. The fraction of sp³-hybridized carbons (Fsp3) is 0.538. The Bertz CT molecular complexity index is 382. The second-order valence-electron chi connectivity index (χ2n) is 4.36. The van der Waals surface area contributed by atoms with Crippen molar-refractivity contribution < 1.29 is 14.3 Å². The van der Waals surface area contributed by atoms with Gasteiger partial charge in [-0.05, 0) is 31.4 Å². The van der Waals surface area contributed by atoms with Crippen molar-refractivity contribution >= 4 is 12.3 Å². The maximum atomic E-state index is 11.9. The number of hydrogen-bond donors (Lipinski definition) is 0. The molecule has 0 bridgehead atoms. The van der Waals surface area contributed by atoms with E-state index >= 15 is 0 Å². The van der Waals surface area contributed by atoms with Crippen LogP contribution < -0.4 is 0 Å². The van der Waals surface area contributed by atoms with Gasteiger partial charge in [0.1, 0.15) is 6.04 Å². The molecule has 17 heavy (non-hydrogen) atoms. The van der Waals surface area contributed by atoms with Crippen LogP contribution in [0.4, 0.5) is 0 Å². The van der Waals surface area contributed by atoms with Crippen molar-refractivity contribution in [2.75, 3.05) is 6.61 Å². The largest absolute Gasteiger partial charge is 0.464 e. The van der Waals surface area contributed by atoms with Gasteiger partial charge in [0.2, 0.25) is 0 Å². The van der Waals surface area contributed by atoms with Crippen LogP contribution in [0.1, 0.15) is 43.7 Å². The van der Waals surface area contributed by atoms with Crippen LogP contribution in [-0.2, 0) is 9.53 Å². The zero-order chi connectivity index (χ0) is 12.8. The van der Waals surface area contributed by atoms with E-state index in [0.717, 1.165) is 6.29 Å². The minimum atomic E-state index is -0.412. The molecule has 0 aromatic carbocycles. The lowest BCUT2D eigenvalue weighted by Crippen LogP contribution is -2.24. The summed E-state index contributed by atoms with van der Waals surface area (Å²) in [6.45, 7) is 6.21. The molecule has 0 radical (unpaired) electrons. The monoisotopic (exact) mass is 237 g/mol. The van der Waals surface area contributed by atoms with Gasteiger partial charge in [0.15, 0.2) is 6.29 Å². The molecule has 1 aromatic heterocycles. The molecule has 0 spiro atoms. The average Bonchev–Trinajstić information content (AvgIpc) is 2.73. The molecule has 0 saturated carbocycles. The van der Waals surface area contributed by atoms with E-state index in [1.54, 1.807) is 29.8 Å². The molecule has 0 saturated heterocycles. The fourth-order valence-electron chi connectivity index (χ4n) is 1.80. The summed E-state index contributed by atoms with van der Waals surface area (Å²) >= 11 is 0.